The number of carbonyl (C=O) groups excluding carboxylic acids is 1. The van der Waals surface area contributed by atoms with E-state index in [4.69, 9.17) is 21.8 Å². The summed E-state index contributed by atoms with van der Waals surface area (Å²) in [7, 11) is 0. The van der Waals surface area contributed by atoms with Gasteiger partial charge in [0.2, 0.25) is 4.87 Å². The largest absolute Gasteiger partial charge is 0.480 e. The Hall–Kier alpha value is -0.610. The highest BCUT2D eigenvalue weighted by Gasteiger charge is 2.40. The Bertz CT molecular complexity index is 163. The summed E-state index contributed by atoms with van der Waals surface area (Å²) in [6.45, 7) is 0.659. The van der Waals surface area contributed by atoms with Crippen LogP contribution in [0.15, 0.2) is 0 Å². The van der Waals surface area contributed by atoms with Gasteiger partial charge in [0.1, 0.15) is 0 Å². The molecular weight excluding hydrogens is 172 g/mol. The Morgan fingerprint density at radius 3 is 2.09 bits per heavy atom. The molecule has 0 spiro atoms. The lowest BCUT2D eigenvalue weighted by atomic mass is 10.0. The van der Waals surface area contributed by atoms with E-state index in [0.717, 1.165) is 6.92 Å². The predicted octanol–water partition coefficient (Wildman–Crippen LogP) is 0.0200. The van der Waals surface area contributed by atoms with Gasteiger partial charge in [-0.05, 0) is 6.92 Å². The predicted molar refractivity (Wildman–Crippen MR) is 38.6 cm³/mol. The molecule has 0 heterocycles. The first-order chi connectivity index (χ1) is 4.95. The van der Waals surface area contributed by atoms with Crippen molar-refractivity contribution in [2.75, 3.05) is 6.61 Å². The van der Waals surface area contributed by atoms with Gasteiger partial charge >= 0.3 is 5.97 Å². The third-order valence-corrected chi connectivity index (χ3v) is 1.97. The summed E-state index contributed by atoms with van der Waals surface area (Å²) in [6.07, 6.45) is -0.265. The molecule has 0 aliphatic carbocycles. The summed E-state index contributed by atoms with van der Waals surface area (Å²) < 4.78 is 0. The van der Waals surface area contributed by atoms with Crippen molar-refractivity contribution >= 4 is 23.4 Å². The Morgan fingerprint density at radius 1 is 1.55 bits per heavy atom. The molecule has 1 unspecified atom stereocenters. The molecule has 0 rings (SSSR count). The van der Waals surface area contributed by atoms with Crippen LogP contribution in [0.25, 0.3) is 0 Å². The van der Waals surface area contributed by atoms with E-state index in [1.54, 1.807) is 0 Å². The minimum absolute atomic E-state index is 0.265. The Kier molecular flexibility index (Phi) is 3.48. The van der Waals surface area contributed by atoms with Crippen LogP contribution in [0.1, 0.15) is 13.3 Å². The number of hydrogen-bond donors (Lipinski definition) is 2. The topological polar surface area (TPSA) is 74.6 Å². The van der Waals surface area contributed by atoms with Crippen LogP contribution in [0.3, 0.4) is 0 Å². The van der Waals surface area contributed by atoms with Crippen LogP contribution >= 0.6 is 11.6 Å². The van der Waals surface area contributed by atoms with Crippen LogP contribution in [0.5, 0.6) is 0 Å². The molecule has 0 aromatic carbocycles. The highest BCUT2D eigenvalue weighted by Crippen LogP contribution is 2.20. The van der Waals surface area contributed by atoms with Crippen molar-refractivity contribution in [2.24, 2.45) is 0 Å². The quantitative estimate of drug-likeness (QED) is 0.473. The van der Waals surface area contributed by atoms with E-state index in [-0.39, 0.29) is 6.42 Å². The number of Topliss-reactive ketones (excluding diaryl/α,β-unsaturated/α-hetero) is 1. The van der Waals surface area contributed by atoms with E-state index in [0.29, 0.717) is 0 Å². The summed E-state index contributed by atoms with van der Waals surface area (Å²) in [5.74, 6) is -2.08. The third kappa shape index (κ3) is 2.17. The van der Waals surface area contributed by atoms with Crippen molar-refractivity contribution in [3.8, 4) is 0 Å². The van der Waals surface area contributed by atoms with Gasteiger partial charge in [0, 0.05) is 13.0 Å². The first kappa shape index (κ1) is 10.4. The number of halogens is 1. The molecule has 4 nitrogen and oxygen atoms in total. The van der Waals surface area contributed by atoms with Crippen molar-refractivity contribution in [1.29, 1.82) is 0 Å². The number of carboxylic acid groups (broad SMARTS) is 1. The van der Waals surface area contributed by atoms with E-state index >= 15 is 0 Å². The average molecular weight is 181 g/mol. The van der Waals surface area contributed by atoms with Gasteiger partial charge in [-0.15, -0.1) is 0 Å². The molecule has 0 aromatic rings. The lowest BCUT2D eigenvalue weighted by Gasteiger charge is -2.16. The molecule has 0 aliphatic rings. The number of rotatable bonds is 4. The minimum atomic E-state index is -1.95. The van der Waals surface area contributed by atoms with Gasteiger partial charge in [-0.2, -0.15) is 0 Å². The molecule has 11 heavy (non-hydrogen) atoms. The fourth-order valence-corrected chi connectivity index (χ4v) is 0.672. The highest BCUT2D eigenvalue weighted by atomic mass is 35.5. The summed E-state index contributed by atoms with van der Waals surface area (Å²) in [6, 6.07) is 0. The zero-order chi connectivity index (χ0) is 9.07. The average Bonchev–Trinajstić information content (AvgIpc) is 1.87. The third-order valence-electron chi connectivity index (χ3n) is 1.35. The van der Waals surface area contributed by atoms with Crippen LogP contribution in [0, 0.1) is 0 Å². The molecule has 0 fully saturated rings. The number of ketones is 1. The van der Waals surface area contributed by atoms with Crippen molar-refractivity contribution in [1.82, 2.24) is 0 Å². The Morgan fingerprint density at radius 2 is 2.00 bits per heavy atom. The second-order valence-corrected chi connectivity index (χ2v) is 2.78. The number of aliphatic hydroxyl groups excluding tert-OH is 1. The van der Waals surface area contributed by atoms with Crippen LogP contribution in [-0.4, -0.2) is 33.4 Å². The molecule has 0 amide bonds. The van der Waals surface area contributed by atoms with Gasteiger partial charge in [0.15, 0.2) is 5.78 Å². The molecule has 0 aliphatic heterocycles. The van der Waals surface area contributed by atoms with Gasteiger partial charge in [-0.3, -0.25) is 4.79 Å². The summed E-state index contributed by atoms with van der Waals surface area (Å²) >= 11 is 5.40. The van der Waals surface area contributed by atoms with Crippen molar-refractivity contribution < 1.29 is 19.8 Å². The molecule has 0 radical (unpaired) electrons. The zero-order valence-electron chi connectivity index (χ0n) is 6.00. The maximum Gasteiger partial charge on any atom is 0.332 e. The molecule has 0 saturated carbocycles. The van der Waals surface area contributed by atoms with Crippen molar-refractivity contribution in [2.45, 2.75) is 18.2 Å². The number of aliphatic hydroxyl groups is 1. The maximum absolute atomic E-state index is 10.7. The highest BCUT2D eigenvalue weighted by molar-refractivity contribution is 6.45. The molecule has 1 atom stereocenters. The van der Waals surface area contributed by atoms with Crippen molar-refractivity contribution in [3.05, 3.63) is 0 Å². The van der Waals surface area contributed by atoms with E-state index < -0.39 is 23.2 Å². The van der Waals surface area contributed by atoms with E-state index in [2.05, 4.69) is 0 Å². The fourth-order valence-electron chi connectivity index (χ4n) is 0.588. The molecule has 0 saturated heterocycles. The molecule has 2 N–H and O–H groups in total. The smallest absolute Gasteiger partial charge is 0.332 e. The van der Waals surface area contributed by atoms with Crippen molar-refractivity contribution in [3.63, 3.8) is 0 Å². The molecule has 0 bridgehead atoms. The van der Waals surface area contributed by atoms with Gasteiger partial charge < -0.3 is 10.2 Å². The fraction of sp³-hybridized carbons (Fsp3) is 0.667. The molecule has 0 aromatic heterocycles. The number of alkyl halides is 1. The van der Waals surface area contributed by atoms with Gasteiger partial charge in [-0.1, -0.05) is 11.6 Å². The Labute approximate surface area is 68.8 Å². The monoisotopic (exact) mass is 180 g/mol. The number of carbonyl (C=O) groups is 2. The first-order valence-electron chi connectivity index (χ1n) is 2.99. The van der Waals surface area contributed by atoms with Crippen LogP contribution < -0.4 is 0 Å². The molecular formula is C6H9ClO4. The standard InChI is InChI=1S/C6H9ClO4/c1-4(9)6(7,2-3-8)5(10)11/h8H,2-3H2,1H3,(H,10,11). The summed E-state index contributed by atoms with van der Waals surface area (Å²) in [4.78, 5) is 19.1. The zero-order valence-corrected chi connectivity index (χ0v) is 6.76. The second-order valence-electron chi connectivity index (χ2n) is 2.14. The molecule has 64 valence electrons. The second kappa shape index (κ2) is 3.69. The molecule has 5 heteroatoms. The lowest BCUT2D eigenvalue weighted by molar-refractivity contribution is -0.144. The number of carboxylic acids is 1. The van der Waals surface area contributed by atoms with Crippen LogP contribution in [0.2, 0.25) is 0 Å². The summed E-state index contributed by atoms with van der Waals surface area (Å²) in [5, 5.41) is 16.9. The SMILES string of the molecule is CC(=O)C(Cl)(CCO)C(=O)O. The van der Waals surface area contributed by atoms with E-state index in [1.807, 2.05) is 0 Å². The minimum Gasteiger partial charge on any atom is -0.480 e. The Balaban J connectivity index is 4.52. The maximum atomic E-state index is 10.7. The number of hydrogen-bond acceptors (Lipinski definition) is 3. The number of aliphatic carboxylic acids is 1. The van der Waals surface area contributed by atoms with Gasteiger partial charge in [0.05, 0.1) is 0 Å². The normalized spacial score (nSPS) is 15.5. The first-order valence-corrected chi connectivity index (χ1v) is 3.37. The van der Waals surface area contributed by atoms with E-state index in [1.165, 1.54) is 0 Å². The van der Waals surface area contributed by atoms with Crippen LogP contribution in [0.4, 0.5) is 0 Å². The van der Waals surface area contributed by atoms with Crippen LogP contribution in [-0.2, 0) is 9.59 Å². The van der Waals surface area contributed by atoms with E-state index in [9.17, 15) is 9.59 Å². The lowest BCUT2D eigenvalue weighted by Crippen LogP contribution is -2.40. The van der Waals surface area contributed by atoms with Gasteiger partial charge in [-0.25, -0.2) is 4.79 Å². The summed E-state index contributed by atoms with van der Waals surface area (Å²) in [5.41, 5.74) is 0. The van der Waals surface area contributed by atoms with Gasteiger partial charge in [0.25, 0.3) is 0 Å².